The van der Waals surface area contributed by atoms with Crippen molar-refractivity contribution in [1.29, 1.82) is 0 Å². The van der Waals surface area contributed by atoms with Gasteiger partial charge in [0.15, 0.2) is 0 Å². The number of aliphatic carboxylic acids is 1. The van der Waals surface area contributed by atoms with Gasteiger partial charge in [-0.25, -0.2) is 4.79 Å². The highest BCUT2D eigenvalue weighted by Crippen LogP contribution is 2.09. The molecule has 4 heteroatoms. The Morgan fingerprint density at radius 3 is 2.60 bits per heavy atom. The first-order valence-electron chi connectivity index (χ1n) is 4.58. The predicted molar refractivity (Wildman–Crippen MR) is 55.4 cm³/mol. The third-order valence-corrected chi connectivity index (χ3v) is 2.14. The van der Waals surface area contributed by atoms with E-state index < -0.39 is 11.9 Å². The highest BCUT2D eigenvalue weighted by atomic mass is 16.4. The predicted octanol–water partition coefficient (Wildman–Crippen LogP) is 1.00. The smallest absolute Gasteiger partial charge is 0.394 e. The SMILES string of the molecule is Cc1ccc(C)c(CNC(=O)C(=O)O)c1. The summed E-state index contributed by atoms with van der Waals surface area (Å²) in [5.41, 5.74) is 3.05. The topological polar surface area (TPSA) is 66.4 Å². The monoisotopic (exact) mass is 207 g/mol. The Balaban J connectivity index is 2.69. The van der Waals surface area contributed by atoms with Crippen LogP contribution in [0.1, 0.15) is 16.7 Å². The maximum Gasteiger partial charge on any atom is 0.394 e. The minimum Gasteiger partial charge on any atom is -0.474 e. The molecular formula is C11H13NO3. The molecule has 15 heavy (non-hydrogen) atoms. The Hall–Kier alpha value is -1.84. The van der Waals surface area contributed by atoms with E-state index in [9.17, 15) is 9.59 Å². The molecule has 0 saturated heterocycles. The van der Waals surface area contributed by atoms with E-state index in [1.165, 1.54) is 0 Å². The molecule has 1 amide bonds. The number of rotatable bonds is 2. The summed E-state index contributed by atoms with van der Waals surface area (Å²) in [6, 6.07) is 5.84. The number of carboxylic acid groups (broad SMARTS) is 1. The van der Waals surface area contributed by atoms with E-state index in [1.807, 2.05) is 32.0 Å². The van der Waals surface area contributed by atoms with E-state index in [0.717, 1.165) is 16.7 Å². The van der Waals surface area contributed by atoms with Crippen LogP contribution >= 0.6 is 0 Å². The van der Waals surface area contributed by atoms with Crippen LogP contribution in [0.2, 0.25) is 0 Å². The van der Waals surface area contributed by atoms with Gasteiger partial charge in [0.2, 0.25) is 0 Å². The third kappa shape index (κ3) is 3.09. The summed E-state index contributed by atoms with van der Waals surface area (Å²) in [5, 5.41) is 10.7. The van der Waals surface area contributed by atoms with Crippen LogP contribution in [0.5, 0.6) is 0 Å². The molecule has 0 atom stereocenters. The summed E-state index contributed by atoms with van der Waals surface area (Å²) in [6.07, 6.45) is 0. The number of nitrogens with one attached hydrogen (secondary N) is 1. The van der Waals surface area contributed by atoms with Gasteiger partial charge in [-0.3, -0.25) is 4.79 Å². The molecule has 0 aromatic heterocycles. The fourth-order valence-electron chi connectivity index (χ4n) is 1.24. The lowest BCUT2D eigenvalue weighted by Crippen LogP contribution is -2.30. The quantitative estimate of drug-likeness (QED) is 0.711. The van der Waals surface area contributed by atoms with Crippen LogP contribution in [0, 0.1) is 13.8 Å². The zero-order valence-corrected chi connectivity index (χ0v) is 8.70. The van der Waals surface area contributed by atoms with Crippen LogP contribution in [0.25, 0.3) is 0 Å². The fourth-order valence-corrected chi connectivity index (χ4v) is 1.24. The van der Waals surface area contributed by atoms with Crippen LogP contribution in [0.4, 0.5) is 0 Å². The number of aryl methyl sites for hydroxylation is 2. The van der Waals surface area contributed by atoms with Gasteiger partial charge in [0, 0.05) is 6.54 Å². The maximum atomic E-state index is 10.8. The van der Waals surface area contributed by atoms with Crippen molar-refractivity contribution in [2.24, 2.45) is 0 Å². The summed E-state index contributed by atoms with van der Waals surface area (Å²) in [7, 11) is 0. The number of carboxylic acids is 1. The van der Waals surface area contributed by atoms with E-state index in [1.54, 1.807) is 0 Å². The van der Waals surface area contributed by atoms with Crippen LogP contribution in [0.15, 0.2) is 18.2 Å². The average molecular weight is 207 g/mol. The second-order valence-corrected chi connectivity index (χ2v) is 3.42. The van der Waals surface area contributed by atoms with Gasteiger partial charge in [-0.1, -0.05) is 23.8 Å². The molecule has 0 heterocycles. The minimum absolute atomic E-state index is 0.249. The lowest BCUT2D eigenvalue weighted by atomic mass is 10.1. The van der Waals surface area contributed by atoms with E-state index in [-0.39, 0.29) is 6.54 Å². The van der Waals surface area contributed by atoms with Gasteiger partial charge >= 0.3 is 11.9 Å². The minimum atomic E-state index is -1.46. The first-order valence-corrected chi connectivity index (χ1v) is 4.58. The fraction of sp³-hybridized carbons (Fsp3) is 0.273. The molecule has 2 N–H and O–H groups in total. The molecule has 0 radical (unpaired) electrons. The number of amides is 1. The average Bonchev–Trinajstić information content (AvgIpc) is 2.18. The van der Waals surface area contributed by atoms with Gasteiger partial charge in [0.05, 0.1) is 0 Å². The van der Waals surface area contributed by atoms with Gasteiger partial charge in [-0.2, -0.15) is 0 Å². The molecule has 1 rings (SSSR count). The molecule has 0 aliphatic heterocycles. The van der Waals surface area contributed by atoms with E-state index >= 15 is 0 Å². The van der Waals surface area contributed by atoms with Crippen LogP contribution in [-0.2, 0) is 16.1 Å². The molecule has 0 unspecified atom stereocenters. The molecule has 0 aliphatic rings. The van der Waals surface area contributed by atoms with Gasteiger partial charge in [-0.15, -0.1) is 0 Å². The van der Waals surface area contributed by atoms with Crippen molar-refractivity contribution in [2.45, 2.75) is 20.4 Å². The standard InChI is InChI=1S/C11H13NO3/c1-7-3-4-8(2)9(5-7)6-12-10(13)11(14)15/h3-5H,6H2,1-2H3,(H,12,13)(H,14,15). The number of carbonyl (C=O) groups is 2. The van der Waals surface area contributed by atoms with Gasteiger partial charge in [0.25, 0.3) is 0 Å². The summed E-state index contributed by atoms with van der Waals surface area (Å²) in [4.78, 5) is 21.1. The van der Waals surface area contributed by atoms with Crippen molar-refractivity contribution < 1.29 is 14.7 Å². The number of carbonyl (C=O) groups excluding carboxylic acids is 1. The summed E-state index contributed by atoms with van der Waals surface area (Å²) in [6.45, 7) is 4.11. The van der Waals surface area contributed by atoms with Gasteiger partial charge < -0.3 is 10.4 Å². The largest absolute Gasteiger partial charge is 0.474 e. The Labute approximate surface area is 87.9 Å². The highest BCUT2D eigenvalue weighted by Gasteiger charge is 2.10. The van der Waals surface area contributed by atoms with E-state index in [0.29, 0.717) is 0 Å². The Morgan fingerprint density at radius 1 is 1.33 bits per heavy atom. The zero-order valence-electron chi connectivity index (χ0n) is 8.70. The lowest BCUT2D eigenvalue weighted by Gasteiger charge is -2.07. The van der Waals surface area contributed by atoms with Crippen molar-refractivity contribution >= 4 is 11.9 Å². The molecule has 4 nitrogen and oxygen atoms in total. The zero-order chi connectivity index (χ0) is 11.4. The first-order chi connectivity index (χ1) is 7.00. The maximum absolute atomic E-state index is 10.8. The Kier molecular flexibility index (Phi) is 3.44. The lowest BCUT2D eigenvalue weighted by molar-refractivity contribution is -0.150. The third-order valence-electron chi connectivity index (χ3n) is 2.14. The van der Waals surface area contributed by atoms with E-state index in [4.69, 9.17) is 5.11 Å². The molecule has 0 bridgehead atoms. The van der Waals surface area contributed by atoms with Crippen molar-refractivity contribution in [1.82, 2.24) is 5.32 Å². The molecule has 0 fully saturated rings. The van der Waals surface area contributed by atoms with Crippen molar-refractivity contribution in [3.63, 3.8) is 0 Å². The van der Waals surface area contributed by atoms with Crippen molar-refractivity contribution in [3.8, 4) is 0 Å². The van der Waals surface area contributed by atoms with Crippen molar-refractivity contribution in [3.05, 3.63) is 34.9 Å². The summed E-state index contributed by atoms with van der Waals surface area (Å²) < 4.78 is 0. The molecule has 0 aliphatic carbocycles. The first kappa shape index (κ1) is 11.2. The van der Waals surface area contributed by atoms with Crippen LogP contribution < -0.4 is 5.32 Å². The van der Waals surface area contributed by atoms with Gasteiger partial charge in [0.1, 0.15) is 0 Å². The molecule has 0 saturated carbocycles. The van der Waals surface area contributed by atoms with Gasteiger partial charge in [-0.05, 0) is 25.0 Å². The Bertz CT molecular complexity index is 399. The number of benzene rings is 1. The normalized spacial score (nSPS) is 9.73. The summed E-state index contributed by atoms with van der Waals surface area (Å²) in [5.74, 6) is -2.43. The molecular weight excluding hydrogens is 194 g/mol. The molecule has 1 aromatic carbocycles. The molecule has 0 spiro atoms. The van der Waals surface area contributed by atoms with Crippen molar-refractivity contribution in [2.75, 3.05) is 0 Å². The van der Waals surface area contributed by atoms with Crippen LogP contribution in [-0.4, -0.2) is 17.0 Å². The Morgan fingerprint density at radius 2 is 2.00 bits per heavy atom. The second-order valence-electron chi connectivity index (χ2n) is 3.42. The summed E-state index contributed by atoms with van der Waals surface area (Å²) >= 11 is 0. The number of hydrogen-bond donors (Lipinski definition) is 2. The van der Waals surface area contributed by atoms with Crippen LogP contribution in [0.3, 0.4) is 0 Å². The van der Waals surface area contributed by atoms with E-state index in [2.05, 4.69) is 5.32 Å². The second kappa shape index (κ2) is 4.59. The molecule has 80 valence electrons. The highest BCUT2D eigenvalue weighted by molar-refractivity contribution is 6.31. The number of hydrogen-bond acceptors (Lipinski definition) is 2. The molecule has 1 aromatic rings.